The molecule has 6 aliphatic carbocycles. The van der Waals surface area contributed by atoms with Crippen LogP contribution in [0.25, 0.3) is 0 Å². The molecule has 0 saturated heterocycles. The van der Waals surface area contributed by atoms with Gasteiger partial charge in [-0.3, -0.25) is 24.0 Å². The molecular formula is C47H68N2O8. The van der Waals surface area contributed by atoms with Crippen LogP contribution in [-0.4, -0.2) is 51.8 Å². The smallest absolute Gasteiger partial charge is 0.309 e. The standard InChI is InChI=1S/C47H68N2O8/c1-25(2)35-31(50)24-47(49-40(55)43(8,9)48-37(51)27-17-22-56-26(27)3)21-20-45(11)28(36(35)47)13-14-33-44(10)18-16-34(42(6,7)32(44)15-19-46(33,45)12)57-39(54)30-23-29(38(52)53)41(30,4)5/h17,22,25,28-30,32-34H,13-16,18-21,23-24H2,1-12H3,(H,48,51)(H,49,55)(H,52,53)/t28-,29+,30?,32+,33-,34+,44+,45-,46-,47-/m1/s1. The first-order valence-corrected chi connectivity index (χ1v) is 21.7. The van der Waals surface area contributed by atoms with E-state index in [1.807, 2.05) is 13.8 Å². The highest BCUT2D eigenvalue weighted by molar-refractivity contribution is 6.03. The number of ketones is 1. The van der Waals surface area contributed by atoms with E-state index < -0.39 is 34.3 Å². The van der Waals surface area contributed by atoms with Crippen LogP contribution in [-0.2, 0) is 23.9 Å². The van der Waals surface area contributed by atoms with E-state index in [0.29, 0.717) is 36.0 Å². The van der Waals surface area contributed by atoms with Gasteiger partial charge in [-0.15, -0.1) is 0 Å². The molecule has 6 aliphatic rings. The highest BCUT2D eigenvalue weighted by Crippen LogP contribution is 2.76. The minimum absolute atomic E-state index is 0.0171. The van der Waals surface area contributed by atoms with E-state index in [1.54, 1.807) is 26.8 Å². The number of carboxylic acids is 1. The van der Waals surface area contributed by atoms with E-state index in [0.717, 1.165) is 56.1 Å². The van der Waals surface area contributed by atoms with E-state index >= 15 is 0 Å². The molecule has 2 amide bonds. The molecule has 0 spiro atoms. The van der Waals surface area contributed by atoms with Crippen LogP contribution in [0.15, 0.2) is 27.9 Å². The number of amides is 2. The second-order valence-corrected chi connectivity index (χ2v) is 22.0. The monoisotopic (exact) mass is 788 g/mol. The first-order chi connectivity index (χ1) is 26.3. The van der Waals surface area contributed by atoms with Crippen molar-refractivity contribution in [2.45, 2.75) is 164 Å². The Labute approximate surface area is 339 Å². The Morgan fingerprint density at radius 3 is 2.16 bits per heavy atom. The molecule has 57 heavy (non-hydrogen) atoms. The molecule has 5 saturated carbocycles. The van der Waals surface area contributed by atoms with Gasteiger partial charge in [0.1, 0.15) is 17.4 Å². The highest BCUT2D eigenvalue weighted by atomic mass is 16.5. The molecule has 0 aromatic carbocycles. The molecule has 0 aliphatic heterocycles. The third kappa shape index (κ3) is 5.93. The summed E-state index contributed by atoms with van der Waals surface area (Å²) in [5.74, 6) is -1.15. The van der Waals surface area contributed by atoms with Crippen molar-refractivity contribution in [1.82, 2.24) is 10.6 Å². The Morgan fingerprint density at radius 1 is 0.877 bits per heavy atom. The fourth-order valence-corrected chi connectivity index (χ4v) is 14.3. The van der Waals surface area contributed by atoms with Crippen molar-refractivity contribution in [3.63, 3.8) is 0 Å². The van der Waals surface area contributed by atoms with Crippen LogP contribution >= 0.6 is 0 Å². The quantitative estimate of drug-likeness (QED) is 0.222. The van der Waals surface area contributed by atoms with Gasteiger partial charge in [0.25, 0.3) is 5.91 Å². The lowest BCUT2D eigenvalue weighted by Crippen LogP contribution is -2.68. The van der Waals surface area contributed by atoms with E-state index in [2.05, 4.69) is 59.1 Å². The van der Waals surface area contributed by atoms with Crippen LogP contribution in [0.2, 0.25) is 0 Å². The average Bonchev–Trinajstić information content (AvgIpc) is 3.65. The van der Waals surface area contributed by atoms with Crippen molar-refractivity contribution in [2.24, 2.45) is 62.6 Å². The Hall–Kier alpha value is -3.43. The van der Waals surface area contributed by atoms with E-state index in [4.69, 9.17) is 9.15 Å². The topological polar surface area (TPSA) is 152 Å². The average molecular weight is 789 g/mol. The van der Waals surface area contributed by atoms with Crippen molar-refractivity contribution >= 4 is 29.5 Å². The molecule has 10 atom stereocenters. The van der Waals surface area contributed by atoms with Gasteiger partial charge < -0.3 is 24.9 Å². The normalized spacial score (nSPS) is 39.2. The Bertz CT molecular complexity index is 1920. The number of carbonyl (C=O) groups excluding carboxylic acids is 4. The largest absolute Gasteiger partial charge is 0.481 e. The zero-order valence-corrected chi connectivity index (χ0v) is 36.6. The number of aryl methyl sites for hydroxylation is 1. The van der Waals surface area contributed by atoms with E-state index in [1.165, 1.54) is 6.26 Å². The third-order valence-corrected chi connectivity index (χ3v) is 17.9. The fraction of sp³-hybridized carbons (Fsp3) is 0.766. The van der Waals surface area contributed by atoms with Crippen molar-refractivity contribution in [3.8, 4) is 0 Å². The minimum Gasteiger partial charge on any atom is -0.481 e. The zero-order valence-electron chi connectivity index (χ0n) is 36.6. The lowest BCUT2D eigenvalue weighted by molar-refractivity contribution is -0.235. The summed E-state index contributed by atoms with van der Waals surface area (Å²) in [5, 5.41) is 16.0. The fourth-order valence-electron chi connectivity index (χ4n) is 14.3. The Morgan fingerprint density at radius 2 is 1.56 bits per heavy atom. The van der Waals surface area contributed by atoms with Gasteiger partial charge in [-0.25, -0.2) is 0 Å². The van der Waals surface area contributed by atoms with Crippen LogP contribution in [0.1, 0.15) is 156 Å². The molecule has 1 aromatic heterocycles. The van der Waals surface area contributed by atoms with Gasteiger partial charge in [-0.2, -0.15) is 0 Å². The molecule has 1 aromatic rings. The summed E-state index contributed by atoms with van der Waals surface area (Å²) < 4.78 is 11.8. The van der Waals surface area contributed by atoms with Crippen molar-refractivity contribution < 1.29 is 38.2 Å². The number of fused-ring (bicyclic) bond motifs is 7. The molecule has 10 nitrogen and oxygen atoms in total. The minimum atomic E-state index is -1.24. The zero-order chi connectivity index (χ0) is 42.1. The van der Waals surface area contributed by atoms with Gasteiger partial charge in [0.05, 0.1) is 29.2 Å². The molecule has 0 radical (unpaired) electrons. The number of rotatable bonds is 8. The highest BCUT2D eigenvalue weighted by Gasteiger charge is 2.71. The van der Waals surface area contributed by atoms with Crippen molar-refractivity contribution in [3.05, 3.63) is 34.8 Å². The summed E-state index contributed by atoms with van der Waals surface area (Å²) >= 11 is 0. The SMILES string of the molecule is Cc1occc1C(=O)NC(C)(C)C(=O)N[C@@]12CC[C@]3(C)[C@H](CC[C@@H]4[C@@]5(C)CC[C@H](OC(=O)C6C[C@@H](C(=O)O)C6(C)C)C(C)(C)[C@@H]5CC[C@]43C)C1=C(C(C)C)C(=O)C2. The molecule has 7 rings (SSSR count). The summed E-state index contributed by atoms with van der Waals surface area (Å²) in [6.07, 6.45) is 9.14. The second-order valence-electron chi connectivity index (χ2n) is 22.0. The first-order valence-electron chi connectivity index (χ1n) is 21.7. The number of nitrogens with one attached hydrogen (secondary N) is 2. The van der Waals surface area contributed by atoms with Crippen molar-refractivity contribution in [2.75, 3.05) is 0 Å². The number of furan rings is 1. The van der Waals surface area contributed by atoms with Crippen LogP contribution in [0.3, 0.4) is 0 Å². The van der Waals surface area contributed by atoms with Gasteiger partial charge in [0.2, 0.25) is 5.91 Å². The predicted octanol–water partition coefficient (Wildman–Crippen LogP) is 8.60. The van der Waals surface area contributed by atoms with Gasteiger partial charge in [0, 0.05) is 11.8 Å². The molecule has 1 unspecified atom stereocenters. The summed E-state index contributed by atoms with van der Waals surface area (Å²) in [6.45, 7) is 25.2. The lowest BCUT2D eigenvalue weighted by Gasteiger charge is -2.72. The first kappa shape index (κ1) is 41.7. The Balaban J connectivity index is 1.14. The van der Waals surface area contributed by atoms with Crippen LogP contribution in [0.5, 0.6) is 0 Å². The summed E-state index contributed by atoms with van der Waals surface area (Å²) in [5.41, 5.74) is -0.593. The molecule has 10 heteroatoms. The molecule has 5 fully saturated rings. The molecule has 1 heterocycles. The molecule has 314 valence electrons. The summed E-state index contributed by atoms with van der Waals surface area (Å²) in [4.78, 5) is 67.1. The number of carboxylic acid groups (broad SMARTS) is 1. The second kappa shape index (κ2) is 13.3. The molecule has 0 bridgehead atoms. The maximum atomic E-state index is 14.3. The third-order valence-electron chi connectivity index (χ3n) is 17.9. The van der Waals surface area contributed by atoms with Crippen LogP contribution in [0.4, 0.5) is 0 Å². The van der Waals surface area contributed by atoms with Crippen LogP contribution in [0, 0.1) is 69.5 Å². The summed E-state index contributed by atoms with van der Waals surface area (Å²) in [7, 11) is 0. The maximum Gasteiger partial charge on any atom is 0.309 e. The number of ether oxygens (including phenoxy) is 1. The Kier molecular flexibility index (Phi) is 9.73. The maximum absolute atomic E-state index is 14.3. The molecule has 3 N–H and O–H groups in total. The number of Topliss-reactive ketones (excluding diaryl/α,β-unsaturated/α-hetero) is 1. The van der Waals surface area contributed by atoms with Crippen LogP contribution < -0.4 is 10.6 Å². The van der Waals surface area contributed by atoms with Gasteiger partial charge in [-0.05, 0) is 141 Å². The predicted molar refractivity (Wildman–Crippen MR) is 216 cm³/mol. The number of allylic oxidation sites excluding steroid dienone is 1. The van der Waals surface area contributed by atoms with Gasteiger partial charge in [-0.1, -0.05) is 62.3 Å². The summed E-state index contributed by atoms with van der Waals surface area (Å²) in [6, 6.07) is 1.60. The van der Waals surface area contributed by atoms with Gasteiger partial charge >= 0.3 is 11.9 Å². The number of aliphatic carboxylic acids is 1. The van der Waals surface area contributed by atoms with Crippen molar-refractivity contribution in [1.29, 1.82) is 0 Å². The number of esters is 1. The number of carbonyl (C=O) groups is 5. The lowest BCUT2D eigenvalue weighted by atomic mass is 9.33. The number of hydrogen-bond donors (Lipinski definition) is 3. The van der Waals surface area contributed by atoms with Gasteiger partial charge in [0.15, 0.2) is 5.78 Å². The number of hydrogen-bond acceptors (Lipinski definition) is 7. The van der Waals surface area contributed by atoms with E-state index in [9.17, 15) is 29.1 Å². The van der Waals surface area contributed by atoms with E-state index in [-0.39, 0.29) is 69.6 Å². The molecular weight excluding hydrogens is 721 g/mol.